The molecule has 3 atom stereocenters. The number of hydrogen-bond acceptors (Lipinski definition) is 2. The molecule has 0 saturated carbocycles. The van der Waals surface area contributed by atoms with Crippen molar-refractivity contribution in [3.8, 4) is 0 Å². The number of halogens is 1. The van der Waals surface area contributed by atoms with Crippen LogP contribution in [0.2, 0.25) is 5.02 Å². The smallest absolute Gasteiger partial charge is 0.0619 e. The fourth-order valence-corrected chi connectivity index (χ4v) is 2.89. The summed E-state index contributed by atoms with van der Waals surface area (Å²) in [4.78, 5) is 0. The average molecular weight is 254 g/mol. The molecular weight excluding hydrogens is 234 g/mol. The van der Waals surface area contributed by atoms with Gasteiger partial charge in [0.05, 0.1) is 6.10 Å². The van der Waals surface area contributed by atoms with Crippen molar-refractivity contribution in [1.82, 2.24) is 5.32 Å². The van der Waals surface area contributed by atoms with Crippen LogP contribution in [-0.2, 0) is 4.74 Å². The second-order valence-corrected chi connectivity index (χ2v) is 5.02. The first-order valence-electron chi connectivity index (χ1n) is 6.30. The lowest BCUT2D eigenvalue weighted by Crippen LogP contribution is -2.30. The summed E-state index contributed by atoms with van der Waals surface area (Å²) in [6.45, 7) is 3.08. The van der Waals surface area contributed by atoms with Gasteiger partial charge in [-0.15, -0.1) is 0 Å². The predicted octanol–water partition coefficient (Wildman–Crippen LogP) is 3.42. The standard InChI is InChI=1S/C14H20ClNO/c1-3-13-12(8-9-17-13)14(16-2)10-4-6-11(15)7-5-10/h4-7,12-14,16H,3,8-9H2,1-2H3. The molecule has 1 N–H and O–H groups in total. The van der Waals surface area contributed by atoms with Crippen molar-refractivity contribution in [3.05, 3.63) is 34.9 Å². The van der Waals surface area contributed by atoms with Gasteiger partial charge in [0, 0.05) is 23.6 Å². The van der Waals surface area contributed by atoms with E-state index in [4.69, 9.17) is 16.3 Å². The van der Waals surface area contributed by atoms with Gasteiger partial charge in [0.15, 0.2) is 0 Å². The van der Waals surface area contributed by atoms with Crippen molar-refractivity contribution in [1.29, 1.82) is 0 Å². The molecule has 0 bridgehead atoms. The Morgan fingerprint density at radius 3 is 2.71 bits per heavy atom. The molecule has 1 aliphatic rings. The molecular formula is C14H20ClNO. The van der Waals surface area contributed by atoms with E-state index in [0.717, 1.165) is 24.5 Å². The summed E-state index contributed by atoms with van der Waals surface area (Å²) < 4.78 is 5.78. The highest BCUT2D eigenvalue weighted by molar-refractivity contribution is 6.30. The normalized spacial score (nSPS) is 26.1. The van der Waals surface area contributed by atoms with Crippen LogP contribution in [0.4, 0.5) is 0 Å². The third-order valence-corrected chi connectivity index (χ3v) is 3.88. The van der Waals surface area contributed by atoms with Crippen molar-refractivity contribution in [3.63, 3.8) is 0 Å². The maximum atomic E-state index is 5.93. The van der Waals surface area contributed by atoms with Crippen LogP contribution in [0.25, 0.3) is 0 Å². The van der Waals surface area contributed by atoms with Gasteiger partial charge in [0.1, 0.15) is 0 Å². The van der Waals surface area contributed by atoms with Crippen LogP contribution >= 0.6 is 11.6 Å². The highest BCUT2D eigenvalue weighted by Crippen LogP contribution is 2.34. The largest absolute Gasteiger partial charge is 0.378 e. The molecule has 17 heavy (non-hydrogen) atoms. The summed E-state index contributed by atoms with van der Waals surface area (Å²) in [7, 11) is 2.02. The maximum absolute atomic E-state index is 5.93. The van der Waals surface area contributed by atoms with Gasteiger partial charge in [0.25, 0.3) is 0 Å². The van der Waals surface area contributed by atoms with Gasteiger partial charge in [-0.25, -0.2) is 0 Å². The van der Waals surface area contributed by atoms with E-state index in [1.54, 1.807) is 0 Å². The minimum absolute atomic E-state index is 0.361. The number of benzene rings is 1. The molecule has 3 heteroatoms. The molecule has 0 radical (unpaired) electrons. The summed E-state index contributed by atoms with van der Waals surface area (Å²) >= 11 is 5.93. The molecule has 1 aromatic carbocycles. The van der Waals surface area contributed by atoms with E-state index >= 15 is 0 Å². The number of ether oxygens (including phenoxy) is 1. The summed E-state index contributed by atoms with van der Waals surface area (Å²) in [5, 5.41) is 4.21. The van der Waals surface area contributed by atoms with Crippen molar-refractivity contribution in [2.24, 2.45) is 5.92 Å². The Labute approximate surface area is 108 Å². The zero-order valence-corrected chi connectivity index (χ0v) is 11.2. The molecule has 3 unspecified atom stereocenters. The highest BCUT2D eigenvalue weighted by atomic mass is 35.5. The summed E-state index contributed by atoms with van der Waals surface area (Å²) in [5.41, 5.74) is 1.30. The summed E-state index contributed by atoms with van der Waals surface area (Å²) in [6, 6.07) is 8.48. The summed E-state index contributed by atoms with van der Waals surface area (Å²) in [6.07, 6.45) is 2.59. The predicted molar refractivity (Wildman–Crippen MR) is 71.4 cm³/mol. The van der Waals surface area contributed by atoms with Crippen LogP contribution in [0.3, 0.4) is 0 Å². The third-order valence-electron chi connectivity index (χ3n) is 3.63. The average Bonchev–Trinajstić information content (AvgIpc) is 2.81. The van der Waals surface area contributed by atoms with Crippen LogP contribution < -0.4 is 5.32 Å². The first kappa shape index (κ1) is 12.9. The molecule has 1 aromatic rings. The Morgan fingerprint density at radius 1 is 1.41 bits per heavy atom. The molecule has 2 rings (SSSR count). The van der Waals surface area contributed by atoms with Crippen molar-refractivity contribution in [2.75, 3.05) is 13.7 Å². The zero-order chi connectivity index (χ0) is 12.3. The monoisotopic (exact) mass is 253 g/mol. The van der Waals surface area contributed by atoms with E-state index in [9.17, 15) is 0 Å². The first-order chi connectivity index (χ1) is 8.26. The fourth-order valence-electron chi connectivity index (χ4n) is 2.76. The topological polar surface area (TPSA) is 21.3 Å². The van der Waals surface area contributed by atoms with E-state index in [1.807, 2.05) is 19.2 Å². The van der Waals surface area contributed by atoms with E-state index in [1.165, 1.54) is 5.56 Å². The van der Waals surface area contributed by atoms with Gasteiger partial charge in [-0.2, -0.15) is 0 Å². The molecule has 0 spiro atoms. The molecule has 0 amide bonds. The van der Waals surface area contributed by atoms with Gasteiger partial charge in [0.2, 0.25) is 0 Å². The Kier molecular flexibility index (Phi) is 4.43. The quantitative estimate of drug-likeness (QED) is 0.888. The van der Waals surface area contributed by atoms with Gasteiger partial charge in [-0.1, -0.05) is 30.7 Å². The van der Waals surface area contributed by atoms with Crippen LogP contribution in [0, 0.1) is 5.92 Å². The lowest BCUT2D eigenvalue weighted by Gasteiger charge is -2.27. The van der Waals surface area contributed by atoms with Gasteiger partial charge < -0.3 is 10.1 Å². The van der Waals surface area contributed by atoms with E-state index in [0.29, 0.717) is 18.1 Å². The van der Waals surface area contributed by atoms with E-state index in [2.05, 4.69) is 24.4 Å². The highest BCUT2D eigenvalue weighted by Gasteiger charge is 2.33. The van der Waals surface area contributed by atoms with Crippen LogP contribution in [-0.4, -0.2) is 19.8 Å². The second kappa shape index (κ2) is 5.85. The van der Waals surface area contributed by atoms with Gasteiger partial charge in [-0.05, 0) is 37.6 Å². The molecule has 1 saturated heterocycles. The van der Waals surface area contributed by atoms with Crippen LogP contribution in [0.1, 0.15) is 31.4 Å². The van der Waals surface area contributed by atoms with Crippen LogP contribution in [0.5, 0.6) is 0 Å². The Hall–Kier alpha value is -0.570. The molecule has 94 valence electrons. The molecule has 0 aliphatic carbocycles. The fraction of sp³-hybridized carbons (Fsp3) is 0.571. The Balaban J connectivity index is 2.18. The van der Waals surface area contributed by atoms with Gasteiger partial charge >= 0.3 is 0 Å². The third kappa shape index (κ3) is 2.82. The molecule has 1 aliphatic heterocycles. The van der Waals surface area contributed by atoms with E-state index in [-0.39, 0.29) is 0 Å². The summed E-state index contributed by atoms with van der Waals surface area (Å²) in [5.74, 6) is 0.561. The zero-order valence-electron chi connectivity index (χ0n) is 10.4. The number of hydrogen-bond donors (Lipinski definition) is 1. The first-order valence-corrected chi connectivity index (χ1v) is 6.68. The maximum Gasteiger partial charge on any atom is 0.0619 e. The Morgan fingerprint density at radius 2 is 2.12 bits per heavy atom. The molecule has 1 fully saturated rings. The Bertz CT molecular complexity index is 352. The van der Waals surface area contributed by atoms with Gasteiger partial charge in [-0.3, -0.25) is 0 Å². The SMILES string of the molecule is CCC1OCCC1C(NC)c1ccc(Cl)cc1. The van der Waals surface area contributed by atoms with E-state index < -0.39 is 0 Å². The van der Waals surface area contributed by atoms with Crippen LogP contribution in [0.15, 0.2) is 24.3 Å². The van der Waals surface area contributed by atoms with Crippen molar-refractivity contribution >= 4 is 11.6 Å². The number of nitrogens with one attached hydrogen (secondary N) is 1. The number of rotatable bonds is 4. The second-order valence-electron chi connectivity index (χ2n) is 4.59. The van der Waals surface area contributed by atoms with Crippen molar-refractivity contribution in [2.45, 2.75) is 31.9 Å². The molecule has 1 heterocycles. The lowest BCUT2D eigenvalue weighted by atomic mass is 9.87. The minimum Gasteiger partial charge on any atom is -0.378 e. The lowest BCUT2D eigenvalue weighted by molar-refractivity contribution is 0.0782. The minimum atomic E-state index is 0.361. The molecule has 2 nitrogen and oxygen atoms in total. The molecule has 0 aromatic heterocycles. The van der Waals surface area contributed by atoms with Crippen molar-refractivity contribution < 1.29 is 4.74 Å².